The SMILES string of the molecule is C[C@H](CC[C@@H](O[C@@H]1O[C@H](CO[C@H]2OC(CO)C[C@H](O)[C@H]2O)[C@@H](O)[C@H](O)[C@H]1O[C@H]1O[C@@H](CO)[C@H](O)[C@@H](O)[C@@H]1O)C(C)(C)O)C1CC[C@@]2(C)C3CC=C4C(CC[C@H](O[C@@H]5O[C@H](CO)[C@@H](O)[C@H](O)[C@H]5O)C4(C)C)[C@]3(C)[C@H](O)C[C@]12C. The Kier molecular flexibility index (Phi) is 18.9. The number of rotatable bonds is 17. The van der Waals surface area contributed by atoms with E-state index in [9.17, 15) is 76.6 Å². The molecule has 4 saturated heterocycles. The summed E-state index contributed by atoms with van der Waals surface area (Å²) in [6.07, 6.45) is -24.1. The minimum Gasteiger partial charge on any atom is -0.394 e. The third-order valence-corrected chi connectivity index (χ3v) is 20.6. The van der Waals surface area contributed by atoms with E-state index < -0.39 is 178 Å². The molecular formula is C54H92O23. The molecule has 0 bridgehead atoms. The van der Waals surface area contributed by atoms with E-state index in [2.05, 4.69) is 47.6 Å². The van der Waals surface area contributed by atoms with Crippen molar-refractivity contribution >= 4 is 0 Å². The van der Waals surface area contributed by atoms with Crippen LogP contribution in [0.4, 0.5) is 0 Å². The quantitative estimate of drug-likeness (QED) is 0.0687. The molecule has 8 rings (SSSR count). The number of hydrogen-bond donors (Lipinski definition) is 15. The van der Waals surface area contributed by atoms with E-state index in [0.717, 1.165) is 19.3 Å². The van der Waals surface area contributed by atoms with Crippen molar-refractivity contribution in [3.05, 3.63) is 11.6 Å². The number of allylic oxidation sites excluding steroid dienone is 1. The maximum atomic E-state index is 12.7. The van der Waals surface area contributed by atoms with Crippen molar-refractivity contribution in [1.29, 1.82) is 0 Å². The first-order valence-corrected chi connectivity index (χ1v) is 27.9. The topological polar surface area (TPSA) is 377 Å². The number of aliphatic hydroxyl groups is 15. The van der Waals surface area contributed by atoms with Crippen molar-refractivity contribution in [2.45, 2.75) is 254 Å². The molecular weight excluding hydrogens is 1020 g/mol. The van der Waals surface area contributed by atoms with Crippen LogP contribution in [0.5, 0.6) is 0 Å². The van der Waals surface area contributed by atoms with E-state index >= 15 is 0 Å². The molecule has 4 aliphatic carbocycles. The Balaban J connectivity index is 0.985. The highest BCUT2D eigenvalue weighted by molar-refractivity contribution is 5.32. The smallest absolute Gasteiger partial charge is 0.187 e. The van der Waals surface area contributed by atoms with Gasteiger partial charge in [0.15, 0.2) is 25.2 Å². The van der Waals surface area contributed by atoms with Crippen LogP contribution < -0.4 is 0 Å². The Morgan fingerprint density at radius 3 is 1.81 bits per heavy atom. The maximum Gasteiger partial charge on any atom is 0.187 e. The maximum absolute atomic E-state index is 12.7. The average molecular weight is 1110 g/mol. The fourth-order valence-corrected chi connectivity index (χ4v) is 15.6. The van der Waals surface area contributed by atoms with Crippen LogP contribution in [-0.4, -0.2) is 244 Å². The third-order valence-electron chi connectivity index (χ3n) is 20.6. The van der Waals surface area contributed by atoms with Gasteiger partial charge >= 0.3 is 0 Å². The monoisotopic (exact) mass is 1110 g/mol. The lowest BCUT2D eigenvalue weighted by molar-refractivity contribution is -0.379. The molecule has 4 heterocycles. The van der Waals surface area contributed by atoms with Gasteiger partial charge in [-0.1, -0.05) is 53.2 Å². The molecule has 23 heteroatoms. The van der Waals surface area contributed by atoms with Crippen LogP contribution in [0, 0.1) is 45.3 Å². The Morgan fingerprint density at radius 2 is 1.22 bits per heavy atom. The Hall–Kier alpha value is -1.18. The first-order valence-electron chi connectivity index (χ1n) is 27.9. The van der Waals surface area contributed by atoms with E-state index in [1.54, 1.807) is 13.8 Å². The van der Waals surface area contributed by atoms with Gasteiger partial charge in [0.1, 0.15) is 79.4 Å². The summed E-state index contributed by atoms with van der Waals surface area (Å²) in [6.45, 7) is 14.0. The molecule has 3 saturated carbocycles. The first kappa shape index (κ1) is 61.9. The van der Waals surface area contributed by atoms with Crippen LogP contribution in [0.1, 0.15) is 113 Å². The number of ether oxygens (including phenoxy) is 8. The molecule has 15 N–H and O–H groups in total. The molecule has 77 heavy (non-hydrogen) atoms. The van der Waals surface area contributed by atoms with Crippen LogP contribution in [0.25, 0.3) is 0 Å². The zero-order chi connectivity index (χ0) is 56.6. The van der Waals surface area contributed by atoms with E-state index in [0.29, 0.717) is 25.7 Å². The zero-order valence-electron chi connectivity index (χ0n) is 45.8. The molecule has 0 aromatic heterocycles. The summed E-state index contributed by atoms with van der Waals surface area (Å²) in [6, 6.07) is 0. The summed E-state index contributed by atoms with van der Waals surface area (Å²) in [5.74, 6) is 0.283. The van der Waals surface area contributed by atoms with Crippen molar-refractivity contribution in [2.75, 3.05) is 26.4 Å². The molecule has 4 aliphatic heterocycles. The van der Waals surface area contributed by atoms with Gasteiger partial charge in [0.25, 0.3) is 0 Å². The normalized spacial score (nSPS) is 51.0. The highest BCUT2D eigenvalue weighted by Crippen LogP contribution is 2.75. The predicted molar refractivity (Wildman–Crippen MR) is 266 cm³/mol. The van der Waals surface area contributed by atoms with Gasteiger partial charge in [-0.2, -0.15) is 0 Å². The number of aliphatic hydroxyl groups excluding tert-OH is 14. The molecule has 446 valence electrons. The van der Waals surface area contributed by atoms with Gasteiger partial charge < -0.3 is 114 Å². The summed E-state index contributed by atoms with van der Waals surface area (Å²) in [4.78, 5) is 0. The average Bonchev–Trinajstić information content (AvgIpc) is 3.85. The van der Waals surface area contributed by atoms with Crippen molar-refractivity contribution < 1.29 is 114 Å². The first-order chi connectivity index (χ1) is 36.0. The highest BCUT2D eigenvalue weighted by Gasteiger charge is 2.70. The summed E-state index contributed by atoms with van der Waals surface area (Å²) in [5, 5.41) is 162. The van der Waals surface area contributed by atoms with E-state index in [4.69, 9.17) is 37.9 Å². The van der Waals surface area contributed by atoms with Crippen molar-refractivity contribution in [3.63, 3.8) is 0 Å². The van der Waals surface area contributed by atoms with Gasteiger partial charge in [-0.05, 0) is 99.7 Å². The molecule has 0 amide bonds. The molecule has 7 fully saturated rings. The van der Waals surface area contributed by atoms with Crippen LogP contribution in [0.3, 0.4) is 0 Å². The molecule has 8 aliphatic rings. The van der Waals surface area contributed by atoms with E-state index in [1.807, 2.05) is 0 Å². The Labute approximate surface area is 450 Å². The molecule has 0 aromatic rings. The van der Waals surface area contributed by atoms with Crippen molar-refractivity contribution in [1.82, 2.24) is 0 Å². The lowest BCUT2D eigenvalue weighted by atomic mass is 9.38. The molecule has 0 aromatic carbocycles. The minimum atomic E-state index is -1.91. The van der Waals surface area contributed by atoms with E-state index in [-0.39, 0.29) is 47.3 Å². The van der Waals surface area contributed by atoms with Gasteiger partial charge in [0.2, 0.25) is 0 Å². The molecule has 0 spiro atoms. The van der Waals surface area contributed by atoms with Crippen molar-refractivity contribution in [2.24, 2.45) is 45.3 Å². The molecule has 0 radical (unpaired) electrons. The number of hydrogen-bond acceptors (Lipinski definition) is 23. The fourth-order valence-electron chi connectivity index (χ4n) is 15.6. The zero-order valence-corrected chi connectivity index (χ0v) is 45.8. The van der Waals surface area contributed by atoms with Gasteiger partial charge in [0.05, 0.1) is 62.5 Å². The molecule has 23 nitrogen and oxygen atoms in total. The van der Waals surface area contributed by atoms with Crippen LogP contribution in [0.15, 0.2) is 11.6 Å². The van der Waals surface area contributed by atoms with Crippen molar-refractivity contribution in [3.8, 4) is 0 Å². The van der Waals surface area contributed by atoms with E-state index in [1.165, 1.54) is 5.57 Å². The number of fused-ring (bicyclic) bond motifs is 5. The van der Waals surface area contributed by atoms with Gasteiger partial charge in [-0.25, -0.2) is 0 Å². The van der Waals surface area contributed by atoms with Crippen LogP contribution >= 0.6 is 0 Å². The summed E-state index contributed by atoms with van der Waals surface area (Å²) < 4.78 is 48.0. The predicted octanol–water partition coefficient (Wildman–Crippen LogP) is -2.20. The largest absolute Gasteiger partial charge is 0.394 e. The van der Waals surface area contributed by atoms with Crippen LogP contribution in [0.2, 0.25) is 0 Å². The lowest BCUT2D eigenvalue weighted by Crippen LogP contribution is -2.65. The Morgan fingerprint density at radius 1 is 0.636 bits per heavy atom. The second kappa shape index (κ2) is 23.5. The third kappa shape index (κ3) is 11.1. The summed E-state index contributed by atoms with van der Waals surface area (Å²) in [7, 11) is 0. The molecule has 29 atom stereocenters. The second-order valence-electron chi connectivity index (χ2n) is 25.8. The molecule has 4 unspecified atom stereocenters. The highest BCUT2D eigenvalue weighted by atomic mass is 16.8. The van der Waals surface area contributed by atoms with Crippen LogP contribution in [-0.2, 0) is 37.9 Å². The fraction of sp³-hybridized carbons (Fsp3) is 0.963. The van der Waals surface area contributed by atoms with Gasteiger partial charge in [0, 0.05) is 17.3 Å². The van der Waals surface area contributed by atoms with Gasteiger partial charge in [-0.15, -0.1) is 0 Å². The minimum absolute atomic E-state index is 0.0171. The summed E-state index contributed by atoms with van der Waals surface area (Å²) >= 11 is 0. The standard InChI is InChI=1S/C54H92O23/c1-23(25-15-16-52(6)32-12-10-26-27(54(32,8)33(59)18-53(25,52)7)11-14-34(50(26,2)3)75-47-43(67)40(64)37(61)29(20-56)72-47)9-13-35(51(4,5)69)76-49-45(77-48-44(68)41(65)38(62)30(21-57)73-48)42(66)39(63)31(74-49)22-70-46-36(60)28(58)17-24(19-55)71-46/h10,23-25,27-49,55-69H,9,11-22H2,1-8H3/t23-,24?,25?,27?,28+,29-,30+,31-,32?,33-,34+,35-,36-,37-,38+,39-,40+,41-,42+,43-,44+,45-,46+,47+,48-,49+,52+,53-,54+/m1/s1. The summed E-state index contributed by atoms with van der Waals surface area (Å²) in [5.41, 5.74) is -1.99. The van der Waals surface area contributed by atoms with Gasteiger partial charge in [-0.3, -0.25) is 0 Å². The second-order valence-corrected chi connectivity index (χ2v) is 25.8. The Bertz CT molecular complexity index is 1990. The lowest BCUT2D eigenvalue weighted by Gasteiger charge is -2.67.